The first-order valence-corrected chi connectivity index (χ1v) is 7.62. The Morgan fingerprint density at radius 1 is 1.11 bits per heavy atom. The molecule has 0 aliphatic carbocycles. The van der Waals surface area contributed by atoms with Crippen LogP contribution < -0.4 is 10.2 Å². The number of benzene rings is 2. The summed E-state index contributed by atoms with van der Waals surface area (Å²) < 4.78 is 47.0. The van der Waals surface area contributed by atoms with Gasteiger partial charge in [0.05, 0.1) is 13.3 Å². The average molecular weight is 378 g/mol. The van der Waals surface area contributed by atoms with Crippen molar-refractivity contribution in [2.75, 3.05) is 12.6 Å². The summed E-state index contributed by atoms with van der Waals surface area (Å²) in [5.74, 6) is -1.44. The van der Waals surface area contributed by atoms with Crippen molar-refractivity contribution >= 4 is 12.0 Å². The van der Waals surface area contributed by atoms with Gasteiger partial charge in [-0.3, -0.25) is 0 Å². The summed E-state index contributed by atoms with van der Waals surface area (Å²) in [6.07, 6.45) is -3.82. The van der Waals surface area contributed by atoms with Crippen LogP contribution in [0.5, 0.6) is 5.75 Å². The Hall–Kier alpha value is -3.49. The van der Waals surface area contributed by atoms with Crippen LogP contribution in [0.1, 0.15) is 0 Å². The summed E-state index contributed by atoms with van der Waals surface area (Å²) in [4.78, 5) is 18.3. The molecule has 0 aliphatic heterocycles. The number of nitrogens with one attached hydrogen (secondary N) is 1. The van der Waals surface area contributed by atoms with Crippen LogP contribution in [0.3, 0.4) is 0 Å². The normalized spacial score (nSPS) is 11.1. The van der Waals surface area contributed by atoms with Crippen molar-refractivity contribution in [3.63, 3.8) is 0 Å². The maximum Gasteiger partial charge on any atom is 0.493 e. The lowest BCUT2D eigenvalue weighted by Gasteiger charge is -2.09. The van der Waals surface area contributed by atoms with Gasteiger partial charge in [-0.25, -0.2) is 4.79 Å². The highest BCUT2D eigenvalue weighted by Crippen LogP contribution is 2.33. The first-order valence-electron chi connectivity index (χ1n) is 7.62. The summed E-state index contributed by atoms with van der Waals surface area (Å²) in [6, 6.07) is 14.3. The number of halogens is 3. The van der Waals surface area contributed by atoms with E-state index in [-0.39, 0.29) is 11.8 Å². The Balaban J connectivity index is 1.80. The molecule has 9 heteroatoms. The van der Waals surface area contributed by atoms with Gasteiger partial charge in [-0.2, -0.15) is 23.6 Å². The number of alkyl halides is 3. The van der Waals surface area contributed by atoms with Crippen LogP contribution >= 0.6 is 0 Å². The van der Waals surface area contributed by atoms with E-state index < -0.39 is 12.1 Å². The van der Waals surface area contributed by atoms with Crippen molar-refractivity contribution in [1.29, 1.82) is 0 Å². The Bertz CT molecular complexity index is 954. The number of anilines is 1. The van der Waals surface area contributed by atoms with Crippen LogP contribution in [0.25, 0.3) is 22.5 Å². The summed E-state index contributed by atoms with van der Waals surface area (Å²) in [6.45, 7) is 0. The molecule has 0 atom stereocenters. The second-order valence-corrected chi connectivity index (χ2v) is 5.30. The quantitative estimate of drug-likeness (QED) is 0.662. The van der Waals surface area contributed by atoms with E-state index >= 15 is 0 Å². The van der Waals surface area contributed by atoms with Gasteiger partial charge in [0.2, 0.25) is 0 Å². The molecule has 0 bridgehead atoms. The summed E-state index contributed by atoms with van der Waals surface area (Å²) in [5.41, 5.74) is 4.07. The van der Waals surface area contributed by atoms with Crippen molar-refractivity contribution in [2.45, 2.75) is 6.18 Å². The number of aromatic nitrogens is 1. The molecule has 0 saturated carbocycles. The van der Waals surface area contributed by atoms with E-state index in [1.807, 2.05) is 36.4 Å². The number of ether oxygens (including phenoxy) is 1. The molecule has 1 heterocycles. The van der Waals surface area contributed by atoms with Gasteiger partial charge in [0.25, 0.3) is 0 Å². The van der Waals surface area contributed by atoms with Crippen LogP contribution in [0.15, 0.2) is 59.1 Å². The lowest BCUT2D eigenvalue weighted by atomic mass is 10.0. The van der Waals surface area contributed by atoms with Crippen molar-refractivity contribution in [1.82, 2.24) is 4.98 Å². The van der Waals surface area contributed by atoms with Gasteiger partial charge in [0, 0.05) is 11.1 Å². The zero-order chi connectivity index (χ0) is 19.4. The highest BCUT2D eigenvalue weighted by Gasteiger charge is 2.41. The van der Waals surface area contributed by atoms with Crippen LogP contribution in [0, 0.1) is 0 Å². The zero-order valence-corrected chi connectivity index (χ0v) is 13.9. The van der Waals surface area contributed by atoms with Crippen LogP contribution in [-0.2, 0) is 9.63 Å². The van der Waals surface area contributed by atoms with Crippen LogP contribution in [0.4, 0.5) is 19.2 Å². The molecule has 2 aromatic carbocycles. The molecule has 0 radical (unpaired) electrons. The molecule has 1 N–H and O–H groups in total. The molecule has 0 amide bonds. The first kappa shape index (κ1) is 18.3. The Morgan fingerprint density at radius 2 is 1.85 bits per heavy atom. The summed E-state index contributed by atoms with van der Waals surface area (Å²) >= 11 is 0. The fraction of sp³-hybridized carbons (Fsp3) is 0.111. The number of hydrogen-bond acceptors (Lipinski definition) is 6. The highest BCUT2D eigenvalue weighted by molar-refractivity contribution is 5.76. The van der Waals surface area contributed by atoms with E-state index in [0.29, 0.717) is 11.3 Å². The first-order chi connectivity index (χ1) is 12.9. The number of oxazole rings is 1. The van der Waals surface area contributed by atoms with Gasteiger partial charge in [-0.1, -0.05) is 36.4 Å². The third-order valence-corrected chi connectivity index (χ3v) is 3.53. The topological polar surface area (TPSA) is 73.6 Å². The SMILES string of the molecule is COc1ccccc1-c1cccc(-c2cnc(NOC(=O)C(F)(F)F)o2)c1. The van der Waals surface area contributed by atoms with Gasteiger partial charge in [0.1, 0.15) is 5.75 Å². The monoisotopic (exact) mass is 378 g/mol. The van der Waals surface area contributed by atoms with E-state index in [0.717, 1.165) is 11.1 Å². The van der Waals surface area contributed by atoms with E-state index in [1.165, 1.54) is 6.20 Å². The van der Waals surface area contributed by atoms with Gasteiger partial charge in [-0.15, -0.1) is 0 Å². The smallest absolute Gasteiger partial charge is 0.493 e. The van der Waals surface area contributed by atoms with Crippen molar-refractivity contribution in [3.05, 3.63) is 54.7 Å². The second kappa shape index (κ2) is 7.40. The third-order valence-electron chi connectivity index (χ3n) is 3.53. The van der Waals surface area contributed by atoms with Crippen molar-refractivity contribution in [2.24, 2.45) is 0 Å². The largest absolute Gasteiger partial charge is 0.496 e. The summed E-state index contributed by atoms with van der Waals surface area (Å²) in [5, 5.41) is 0. The average Bonchev–Trinajstić information content (AvgIpc) is 3.14. The van der Waals surface area contributed by atoms with E-state index in [2.05, 4.69) is 9.82 Å². The Kier molecular flexibility index (Phi) is 5.02. The van der Waals surface area contributed by atoms with Crippen LogP contribution in [0.2, 0.25) is 0 Å². The highest BCUT2D eigenvalue weighted by atomic mass is 19.4. The number of carbonyl (C=O) groups excluding carboxylic acids is 1. The molecule has 0 aliphatic rings. The Morgan fingerprint density at radius 3 is 2.59 bits per heavy atom. The molecule has 3 rings (SSSR count). The fourth-order valence-corrected chi connectivity index (χ4v) is 2.33. The predicted octanol–water partition coefficient (Wildman–Crippen LogP) is 4.45. The lowest BCUT2D eigenvalue weighted by molar-refractivity contribution is -0.196. The molecule has 0 fully saturated rings. The van der Waals surface area contributed by atoms with E-state index in [9.17, 15) is 18.0 Å². The molecule has 0 unspecified atom stereocenters. The number of methoxy groups -OCH3 is 1. The number of para-hydroxylation sites is 1. The molecular formula is C18H13F3N2O4. The maximum absolute atomic E-state index is 12.1. The van der Waals surface area contributed by atoms with E-state index in [4.69, 9.17) is 9.15 Å². The van der Waals surface area contributed by atoms with Crippen molar-refractivity contribution in [3.8, 4) is 28.2 Å². The molecular weight excluding hydrogens is 365 g/mol. The molecule has 6 nitrogen and oxygen atoms in total. The maximum atomic E-state index is 12.1. The van der Waals surface area contributed by atoms with E-state index in [1.54, 1.807) is 24.7 Å². The van der Waals surface area contributed by atoms with Gasteiger partial charge in [-0.05, 0) is 17.7 Å². The fourth-order valence-electron chi connectivity index (χ4n) is 2.33. The van der Waals surface area contributed by atoms with Crippen molar-refractivity contribution < 1.29 is 32.0 Å². The predicted molar refractivity (Wildman–Crippen MR) is 89.7 cm³/mol. The molecule has 3 aromatic rings. The standard InChI is InChI=1S/C18H13F3N2O4/c1-25-14-8-3-2-7-13(14)11-5-4-6-12(9-11)15-10-22-17(26-15)23-27-16(24)18(19,20)21/h2-10H,1H3,(H,22,23). The van der Waals surface area contributed by atoms with Crippen LogP contribution in [-0.4, -0.2) is 24.2 Å². The van der Waals surface area contributed by atoms with Gasteiger partial charge in [0.15, 0.2) is 5.76 Å². The minimum absolute atomic E-state index is 0.275. The molecule has 140 valence electrons. The molecule has 27 heavy (non-hydrogen) atoms. The molecule has 0 spiro atoms. The molecule has 1 aromatic heterocycles. The Labute approximate surface area is 151 Å². The molecule has 0 saturated heterocycles. The zero-order valence-electron chi connectivity index (χ0n) is 13.9. The minimum atomic E-state index is -5.12. The number of rotatable bonds is 5. The lowest BCUT2D eigenvalue weighted by Crippen LogP contribution is -2.27. The summed E-state index contributed by atoms with van der Waals surface area (Å²) in [7, 11) is 1.57. The number of carbonyl (C=O) groups is 1. The van der Waals surface area contributed by atoms with Gasteiger partial charge < -0.3 is 14.0 Å². The second-order valence-electron chi connectivity index (χ2n) is 5.30. The van der Waals surface area contributed by atoms with Gasteiger partial charge >= 0.3 is 18.2 Å². The third kappa shape index (κ3) is 4.20. The minimum Gasteiger partial charge on any atom is -0.496 e. The number of nitrogens with zero attached hydrogens (tertiary/aromatic N) is 1. The number of hydrogen-bond donors (Lipinski definition) is 1.